The number of benzene rings is 1. The number of carboxylic acid groups (broad SMARTS) is 1. The van der Waals surface area contributed by atoms with Crippen LogP contribution in [0.4, 0.5) is 0 Å². The first-order valence-electron chi connectivity index (χ1n) is 6.50. The van der Waals surface area contributed by atoms with Crippen molar-refractivity contribution in [2.75, 3.05) is 6.61 Å². The van der Waals surface area contributed by atoms with Gasteiger partial charge in [-0.15, -0.1) is 0 Å². The average Bonchev–Trinajstić information content (AvgIpc) is 2.27. The van der Waals surface area contributed by atoms with Gasteiger partial charge in [0.15, 0.2) is 0 Å². The Labute approximate surface area is 112 Å². The van der Waals surface area contributed by atoms with Crippen LogP contribution in [0.5, 0.6) is 5.75 Å². The number of aryl methyl sites for hydroxylation is 2. The number of hydrogen-bond acceptors (Lipinski definition) is 3. The number of ketones is 1. The van der Waals surface area contributed by atoms with Crippen molar-refractivity contribution in [1.82, 2.24) is 0 Å². The monoisotopic (exact) mass is 262 g/mol. The molecule has 0 amide bonds. The smallest absolute Gasteiger partial charge is 0.377 e. The van der Waals surface area contributed by atoms with Crippen LogP contribution in [-0.2, 0) is 4.79 Å². The maximum atomic E-state index is 11.7. The van der Waals surface area contributed by atoms with Crippen molar-refractivity contribution in [3.63, 3.8) is 0 Å². The molecule has 1 aromatic carbocycles. The van der Waals surface area contributed by atoms with Gasteiger partial charge in [-0.1, -0.05) is 12.5 Å². The van der Waals surface area contributed by atoms with E-state index in [2.05, 4.69) is 0 Å². The van der Waals surface area contributed by atoms with Crippen LogP contribution < -0.4 is 4.74 Å². The second kappa shape index (κ2) is 5.43. The summed E-state index contributed by atoms with van der Waals surface area (Å²) in [5.41, 5.74) is 1.83. The van der Waals surface area contributed by atoms with E-state index in [1.165, 1.54) is 6.42 Å². The first-order chi connectivity index (χ1) is 8.99. The third-order valence-corrected chi connectivity index (χ3v) is 3.55. The van der Waals surface area contributed by atoms with Gasteiger partial charge in [-0.05, 0) is 49.8 Å². The summed E-state index contributed by atoms with van der Waals surface area (Å²) in [5, 5.41) is 8.87. The molecule has 0 atom stereocenters. The van der Waals surface area contributed by atoms with E-state index in [-0.39, 0.29) is 5.56 Å². The topological polar surface area (TPSA) is 63.6 Å². The van der Waals surface area contributed by atoms with Crippen molar-refractivity contribution >= 4 is 11.8 Å². The molecule has 1 aromatic rings. The van der Waals surface area contributed by atoms with Crippen LogP contribution in [0.1, 0.15) is 40.7 Å². The first-order valence-corrected chi connectivity index (χ1v) is 6.50. The number of carboxylic acids is 1. The van der Waals surface area contributed by atoms with Gasteiger partial charge < -0.3 is 9.84 Å². The van der Waals surface area contributed by atoms with E-state index in [9.17, 15) is 9.59 Å². The van der Waals surface area contributed by atoms with Gasteiger partial charge in [0.05, 0.1) is 12.2 Å². The molecule has 0 aliphatic heterocycles. The molecule has 0 saturated heterocycles. The zero-order chi connectivity index (χ0) is 14.0. The molecule has 1 saturated carbocycles. The molecule has 19 heavy (non-hydrogen) atoms. The van der Waals surface area contributed by atoms with E-state index in [0.717, 1.165) is 24.0 Å². The Morgan fingerprint density at radius 1 is 1.32 bits per heavy atom. The van der Waals surface area contributed by atoms with Crippen molar-refractivity contribution in [2.24, 2.45) is 5.92 Å². The SMILES string of the molecule is Cc1cc(C)c(OCC2CCC2)c(C(=O)C(=O)O)c1. The highest BCUT2D eigenvalue weighted by molar-refractivity contribution is 6.40. The Kier molecular flexibility index (Phi) is 3.88. The normalized spacial score (nSPS) is 14.8. The van der Waals surface area contributed by atoms with Crippen molar-refractivity contribution < 1.29 is 19.4 Å². The number of aliphatic carboxylic acids is 1. The number of hydrogen-bond donors (Lipinski definition) is 1. The number of ether oxygens (including phenoxy) is 1. The van der Waals surface area contributed by atoms with Crippen molar-refractivity contribution in [3.05, 3.63) is 28.8 Å². The van der Waals surface area contributed by atoms with E-state index in [4.69, 9.17) is 9.84 Å². The lowest BCUT2D eigenvalue weighted by molar-refractivity contribution is -0.131. The van der Waals surface area contributed by atoms with Gasteiger partial charge in [-0.3, -0.25) is 4.79 Å². The summed E-state index contributed by atoms with van der Waals surface area (Å²) in [6.07, 6.45) is 3.52. The second-order valence-electron chi connectivity index (χ2n) is 5.20. The van der Waals surface area contributed by atoms with E-state index in [1.807, 2.05) is 19.9 Å². The van der Waals surface area contributed by atoms with E-state index < -0.39 is 11.8 Å². The molecule has 2 rings (SSSR count). The molecule has 0 bridgehead atoms. The first kappa shape index (κ1) is 13.6. The highest BCUT2D eigenvalue weighted by Crippen LogP contribution is 2.30. The molecular weight excluding hydrogens is 244 g/mol. The molecule has 0 unspecified atom stereocenters. The van der Waals surface area contributed by atoms with Gasteiger partial charge in [0.2, 0.25) is 0 Å². The predicted molar refractivity (Wildman–Crippen MR) is 70.7 cm³/mol. The minimum absolute atomic E-state index is 0.157. The zero-order valence-corrected chi connectivity index (χ0v) is 11.2. The lowest BCUT2D eigenvalue weighted by Gasteiger charge is -2.26. The largest absolute Gasteiger partial charge is 0.492 e. The predicted octanol–water partition coefficient (Wildman–Crippen LogP) is 2.75. The summed E-state index contributed by atoms with van der Waals surface area (Å²) in [4.78, 5) is 22.6. The van der Waals surface area contributed by atoms with Crippen LogP contribution >= 0.6 is 0 Å². The van der Waals surface area contributed by atoms with Gasteiger partial charge >= 0.3 is 5.97 Å². The molecule has 0 spiro atoms. The highest BCUT2D eigenvalue weighted by Gasteiger charge is 2.24. The molecular formula is C15H18O4. The Hall–Kier alpha value is -1.84. The molecule has 0 aromatic heterocycles. The molecule has 1 aliphatic carbocycles. The van der Waals surface area contributed by atoms with Crippen molar-refractivity contribution in [3.8, 4) is 5.75 Å². The van der Waals surface area contributed by atoms with Crippen LogP contribution in [0, 0.1) is 19.8 Å². The van der Waals surface area contributed by atoms with Gasteiger partial charge in [0, 0.05) is 0 Å². The Bertz CT molecular complexity index is 515. The Morgan fingerprint density at radius 3 is 2.53 bits per heavy atom. The third kappa shape index (κ3) is 2.95. The number of carbonyl (C=O) groups excluding carboxylic acids is 1. The Morgan fingerprint density at radius 2 is 2.00 bits per heavy atom. The zero-order valence-electron chi connectivity index (χ0n) is 11.2. The summed E-state index contributed by atoms with van der Waals surface area (Å²) in [7, 11) is 0. The second-order valence-corrected chi connectivity index (χ2v) is 5.20. The van der Waals surface area contributed by atoms with Crippen LogP contribution in [-0.4, -0.2) is 23.5 Å². The molecule has 1 N–H and O–H groups in total. The van der Waals surface area contributed by atoms with Crippen LogP contribution in [0.25, 0.3) is 0 Å². The summed E-state index contributed by atoms with van der Waals surface area (Å²) >= 11 is 0. The van der Waals surface area contributed by atoms with Crippen molar-refractivity contribution in [1.29, 1.82) is 0 Å². The van der Waals surface area contributed by atoms with E-state index >= 15 is 0 Å². The average molecular weight is 262 g/mol. The molecule has 0 heterocycles. The fourth-order valence-corrected chi connectivity index (χ4v) is 2.29. The summed E-state index contributed by atoms with van der Waals surface area (Å²) < 4.78 is 5.71. The molecule has 4 heteroatoms. The Balaban J connectivity index is 2.27. The standard InChI is InChI=1S/C15H18O4/c1-9-6-10(2)14(19-8-11-4-3-5-11)12(7-9)13(16)15(17)18/h6-7,11H,3-5,8H2,1-2H3,(H,17,18). The maximum Gasteiger partial charge on any atom is 0.377 e. The molecule has 0 radical (unpaired) electrons. The lowest BCUT2D eigenvalue weighted by atomic mass is 9.86. The quantitative estimate of drug-likeness (QED) is 0.654. The molecule has 1 fully saturated rings. The van der Waals surface area contributed by atoms with Gasteiger partial charge in [-0.2, -0.15) is 0 Å². The van der Waals surface area contributed by atoms with Gasteiger partial charge in [0.1, 0.15) is 5.75 Å². The fraction of sp³-hybridized carbons (Fsp3) is 0.467. The van der Waals surface area contributed by atoms with Crippen molar-refractivity contribution in [2.45, 2.75) is 33.1 Å². The van der Waals surface area contributed by atoms with Crippen LogP contribution in [0.15, 0.2) is 12.1 Å². The number of Topliss-reactive ketones (excluding diaryl/α,β-unsaturated/α-hetero) is 1. The summed E-state index contributed by atoms with van der Waals surface area (Å²) in [6.45, 7) is 4.23. The minimum atomic E-state index is -1.45. The minimum Gasteiger partial charge on any atom is -0.492 e. The molecule has 4 nitrogen and oxygen atoms in total. The van der Waals surface area contributed by atoms with Gasteiger partial charge in [0.25, 0.3) is 5.78 Å². The molecule has 1 aliphatic rings. The summed E-state index contributed by atoms with van der Waals surface area (Å²) in [5.74, 6) is -1.40. The third-order valence-electron chi connectivity index (χ3n) is 3.55. The van der Waals surface area contributed by atoms with Crippen LogP contribution in [0.3, 0.4) is 0 Å². The summed E-state index contributed by atoms with van der Waals surface area (Å²) in [6, 6.07) is 3.48. The fourth-order valence-electron chi connectivity index (χ4n) is 2.29. The number of carbonyl (C=O) groups is 2. The van der Waals surface area contributed by atoms with Gasteiger partial charge in [-0.25, -0.2) is 4.79 Å². The van der Waals surface area contributed by atoms with E-state index in [0.29, 0.717) is 18.3 Å². The maximum absolute atomic E-state index is 11.7. The highest BCUT2D eigenvalue weighted by atomic mass is 16.5. The van der Waals surface area contributed by atoms with Crippen LogP contribution in [0.2, 0.25) is 0 Å². The molecule has 102 valence electrons. The van der Waals surface area contributed by atoms with E-state index in [1.54, 1.807) is 6.07 Å². The number of rotatable bonds is 5. The lowest BCUT2D eigenvalue weighted by Crippen LogP contribution is -2.21.